The summed E-state index contributed by atoms with van der Waals surface area (Å²) in [6, 6.07) is 6.32. The van der Waals surface area contributed by atoms with E-state index < -0.39 is 0 Å². The highest BCUT2D eigenvalue weighted by atomic mass is 16.5. The maximum Gasteiger partial charge on any atom is 0.217 e. The van der Waals surface area contributed by atoms with Crippen LogP contribution in [0.1, 0.15) is 36.3 Å². The lowest BCUT2D eigenvalue weighted by Gasteiger charge is -2.20. The summed E-state index contributed by atoms with van der Waals surface area (Å²) in [5, 5.41) is 8.01. The van der Waals surface area contributed by atoms with Crippen molar-refractivity contribution >= 4 is 0 Å². The van der Waals surface area contributed by atoms with Crippen LogP contribution in [0.25, 0.3) is 0 Å². The minimum absolute atomic E-state index is 0.170. The SMILES string of the molecule is CCCNC(Cc1cc(C)nn1C)c1cccnc1OC. The first-order chi connectivity index (χ1) is 10.2. The van der Waals surface area contributed by atoms with Crippen LogP contribution in [0, 0.1) is 6.92 Å². The zero-order valence-electron chi connectivity index (χ0n) is 13.3. The second-order valence-corrected chi connectivity index (χ2v) is 5.21. The van der Waals surface area contributed by atoms with Crippen LogP contribution >= 0.6 is 0 Å². The van der Waals surface area contributed by atoms with Crippen molar-refractivity contribution in [2.75, 3.05) is 13.7 Å². The van der Waals surface area contributed by atoms with Crippen molar-refractivity contribution < 1.29 is 4.74 Å². The molecule has 2 rings (SSSR count). The van der Waals surface area contributed by atoms with Crippen LogP contribution in [0.4, 0.5) is 0 Å². The van der Waals surface area contributed by atoms with Gasteiger partial charge in [0.1, 0.15) is 0 Å². The summed E-state index contributed by atoms with van der Waals surface area (Å²) in [5.74, 6) is 0.685. The molecule has 0 spiro atoms. The lowest BCUT2D eigenvalue weighted by Crippen LogP contribution is -2.25. The standard InChI is InChI=1S/C16H24N4O/c1-5-8-17-15(11-13-10-12(2)19-20(13)3)14-7-6-9-18-16(14)21-4/h6-7,9-10,15,17H,5,8,11H2,1-4H3. The average Bonchev–Trinajstić information content (AvgIpc) is 2.81. The van der Waals surface area contributed by atoms with Gasteiger partial charge in [0, 0.05) is 37.0 Å². The predicted octanol–water partition coefficient (Wildman–Crippen LogP) is 2.42. The number of aryl methyl sites for hydroxylation is 2. The summed E-state index contributed by atoms with van der Waals surface area (Å²) in [6.45, 7) is 5.14. The molecular formula is C16H24N4O. The van der Waals surface area contributed by atoms with Crippen molar-refractivity contribution in [3.05, 3.63) is 41.3 Å². The van der Waals surface area contributed by atoms with E-state index in [9.17, 15) is 0 Å². The Hall–Kier alpha value is -1.88. The first kappa shape index (κ1) is 15.5. The normalized spacial score (nSPS) is 12.4. The van der Waals surface area contributed by atoms with E-state index in [1.807, 2.05) is 24.7 Å². The Kier molecular flexibility index (Phi) is 5.33. The maximum atomic E-state index is 5.41. The number of ether oxygens (including phenoxy) is 1. The molecule has 5 heteroatoms. The first-order valence-electron chi connectivity index (χ1n) is 7.37. The predicted molar refractivity (Wildman–Crippen MR) is 83.5 cm³/mol. The summed E-state index contributed by atoms with van der Waals surface area (Å²) >= 11 is 0. The molecule has 0 aliphatic carbocycles. The van der Waals surface area contributed by atoms with Gasteiger partial charge in [0.25, 0.3) is 0 Å². The van der Waals surface area contributed by atoms with Gasteiger partial charge in [0.15, 0.2) is 0 Å². The summed E-state index contributed by atoms with van der Waals surface area (Å²) in [7, 11) is 3.65. The van der Waals surface area contributed by atoms with Gasteiger partial charge in [0.2, 0.25) is 5.88 Å². The van der Waals surface area contributed by atoms with Gasteiger partial charge in [-0.3, -0.25) is 4.68 Å². The van der Waals surface area contributed by atoms with Crippen LogP contribution in [-0.2, 0) is 13.5 Å². The van der Waals surface area contributed by atoms with Crippen molar-refractivity contribution in [2.24, 2.45) is 7.05 Å². The molecule has 1 unspecified atom stereocenters. The molecule has 0 saturated heterocycles. The Morgan fingerprint density at radius 2 is 2.24 bits per heavy atom. The highest BCUT2D eigenvalue weighted by Crippen LogP contribution is 2.25. The highest BCUT2D eigenvalue weighted by molar-refractivity contribution is 5.30. The Morgan fingerprint density at radius 1 is 1.43 bits per heavy atom. The van der Waals surface area contributed by atoms with Crippen LogP contribution in [0.3, 0.4) is 0 Å². The Labute approximate surface area is 126 Å². The van der Waals surface area contributed by atoms with Gasteiger partial charge < -0.3 is 10.1 Å². The Morgan fingerprint density at radius 3 is 2.86 bits per heavy atom. The first-order valence-corrected chi connectivity index (χ1v) is 7.37. The van der Waals surface area contributed by atoms with Gasteiger partial charge in [-0.05, 0) is 32.0 Å². The smallest absolute Gasteiger partial charge is 0.217 e. The van der Waals surface area contributed by atoms with E-state index in [0.717, 1.165) is 30.6 Å². The number of hydrogen-bond acceptors (Lipinski definition) is 4. The van der Waals surface area contributed by atoms with Crippen molar-refractivity contribution in [3.8, 4) is 5.88 Å². The second kappa shape index (κ2) is 7.22. The molecule has 0 aliphatic heterocycles. The fourth-order valence-electron chi connectivity index (χ4n) is 2.51. The number of rotatable bonds is 7. The van der Waals surface area contributed by atoms with E-state index in [4.69, 9.17) is 4.74 Å². The van der Waals surface area contributed by atoms with Gasteiger partial charge in [-0.1, -0.05) is 13.0 Å². The maximum absolute atomic E-state index is 5.41. The van der Waals surface area contributed by atoms with Crippen LogP contribution in [0.2, 0.25) is 0 Å². The number of hydrogen-bond donors (Lipinski definition) is 1. The zero-order valence-corrected chi connectivity index (χ0v) is 13.3. The number of aromatic nitrogens is 3. The fraction of sp³-hybridized carbons (Fsp3) is 0.500. The van der Waals surface area contributed by atoms with Crippen molar-refractivity contribution in [1.29, 1.82) is 0 Å². The number of methoxy groups -OCH3 is 1. The second-order valence-electron chi connectivity index (χ2n) is 5.21. The van der Waals surface area contributed by atoms with Crippen LogP contribution in [0.15, 0.2) is 24.4 Å². The summed E-state index contributed by atoms with van der Waals surface area (Å²) in [4.78, 5) is 4.31. The molecule has 21 heavy (non-hydrogen) atoms. The highest BCUT2D eigenvalue weighted by Gasteiger charge is 2.18. The summed E-state index contributed by atoms with van der Waals surface area (Å²) in [5.41, 5.74) is 3.33. The molecule has 0 bridgehead atoms. The molecule has 0 saturated carbocycles. The molecule has 5 nitrogen and oxygen atoms in total. The third-order valence-electron chi connectivity index (χ3n) is 3.52. The largest absolute Gasteiger partial charge is 0.481 e. The minimum Gasteiger partial charge on any atom is -0.481 e. The van der Waals surface area contributed by atoms with Gasteiger partial charge in [-0.25, -0.2) is 4.98 Å². The summed E-state index contributed by atoms with van der Waals surface area (Å²) in [6.07, 6.45) is 3.70. The van der Waals surface area contributed by atoms with E-state index in [1.54, 1.807) is 13.3 Å². The molecule has 1 atom stereocenters. The lowest BCUT2D eigenvalue weighted by atomic mass is 10.0. The van der Waals surface area contributed by atoms with Crippen molar-refractivity contribution in [2.45, 2.75) is 32.7 Å². The third kappa shape index (κ3) is 3.82. The molecule has 2 heterocycles. The quantitative estimate of drug-likeness (QED) is 0.850. The third-order valence-corrected chi connectivity index (χ3v) is 3.52. The fourth-order valence-corrected chi connectivity index (χ4v) is 2.51. The van der Waals surface area contributed by atoms with Gasteiger partial charge >= 0.3 is 0 Å². The van der Waals surface area contributed by atoms with Gasteiger partial charge in [0.05, 0.1) is 12.8 Å². The van der Waals surface area contributed by atoms with Crippen LogP contribution < -0.4 is 10.1 Å². The molecule has 0 amide bonds. The van der Waals surface area contributed by atoms with E-state index in [-0.39, 0.29) is 6.04 Å². The lowest BCUT2D eigenvalue weighted by molar-refractivity contribution is 0.380. The van der Waals surface area contributed by atoms with Crippen LogP contribution in [-0.4, -0.2) is 28.4 Å². The molecule has 0 fully saturated rings. The molecule has 2 aromatic heterocycles. The minimum atomic E-state index is 0.170. The monoisotopic (exact) mass is 288 g/mol. The van der Waals surface area contributed by atoms with E-state index in [2.05, 4.69) is 34.5 Å². The van der Waals surface area contributed by atoms with Gasteiger partial charge in [-0.15, -0.1) is 0 Å². The molecule has 114 valence electrons. The molecule has 0 aromatic carbocycles. The number of nitrogens with one attached hydrogen (secondary N) is 1. The Balaban J connectivity index is 2.27. The molecular weight excluding hydrogens is 264 g/mol. The molecule has 0 radical (unpaired) electrons. The average molecular weight is 288 g/mol. The Bertz CT molecular complexity index is 579. The number of nitrogens with zero attached hydrogens (tertiary/aromatic N) is 3. The molecule has 0 aliphatic rings. The van der Waals surface area contributed by atoms with E-state index in [1.165, 1.54) is 5.69 Å². The van der Waals surface area contributed by atoms with E-state index >= 15 is 0 Å². The van der Waals surface area contributed by atoms with Crippen molar-refractivity contribution in [3.63, 3.8) is 0 Å². The molecule has 1 N–H and O–H groups in total. The zero-order chi connectivity index (χ0) is 15.2. The topological polar surface area (TPSA) is 52.0 Å². The van der Waals surface area contributed by atoms with E-state index in [0.29, 0.717) is 5.88 Å². The molecule has 2 aromatic rings. The van der Waals surface area contributed by atoms with Crippen LogP contribution in [0.5, 0.6) is 5.88 Å². The van der Waals surface area contributed by atoms with Gasteiger partial charge in [-0.2, -0.15) is 5.10 Å². The summed E-state index contributed by atoms with van der Waals surface area (Å²) < 4.78 is 7.35. The number of pyridine rings is 1. The van der Waals surface area contributed by atoms with Crippen molar-refractivity contribution in [1.82, 2.24) is 20.1 Å².